The average Bonchev–Trinajstić information content (AvgIpc) is 3.13. The van der Waals surface area contributed by atoms with Gasteiger partial charge in [-0.3, -0.25) is 4.79 Å². The molecule has 3 aromatic rings. The Morgan fingerprint density at radius 3 is 2.57 bits per heavy atom. The number of amides is 1. The minimum Gasteiger partial charge on any atom is -0.467 e. The quantitative estimate of drug-likeness (QED) is 0.732. The van der Waals surface area contributed by atoms with Crippen molar-refractivity contribution < 1.29 is 9.21 Å². The SMILES string of the molecule is N#Cc1cccc(C(=O)N(Cc2ccco2)c2ccccc2)c1. The number of hydrogen-bond donors (Lipinski definition) is 0. The van der Waals surface area contributed by atoms with Crippen molar-refractivity contribution in [2.75, 3.05) is 4.90 Å². The van der Waals surface area contributed by atoms with Gasteiger partial charge < -0.3 is 9.32 Å². The van der Waals surface area contributed by atoms with Crippen LogP contribution in [-0.2, 0) is 6.54 Å². The molecule has 0 unspecified atom stereocenters. The molecule has 0 aliphatic carbocycles. The summed E-state index contributed by atoms with van der Waals surface area (Å²) in [6.07, 6.45) is 1.58. The topological polar surface area (TPSA) is 57.2 Å². The molecule has 0 atom stereocenters. The summed E-state index contributed by atoms with van der Waals surface area (Å²) < 4.78 is 5.37. The largest absolute Gasteiger partial charge is 0.467 e. The second-order valence-electron chi connectivity index (χ2n) is 5.00. The van der Waals surface area contributed by atoms with Crippen molar-refractivity contribution in [2.24, 2.45) is 0 Å². The number of nitriles is 1. The van der Waals surface area contributed by atoms with Crippen molar-refractivity contribution in [3.05, 3.63) is 89.9 Å². The molecule has 2 aromatic carbocycles. The molecule has 0 aliphatic rings. The lowest BCUT2D eigenvalue weighted by Crippen LogP contribution is -2.30. The number of benzene rings is 2. The Bertz CT molecular complexity index is 833. The molecule has 1 heterocycles. The lowest BCUT2D eigenvalue weighted by Gasteiger charge is -2.22. The molecule has 23 heavy (non-hydrogen) atoms. The fourth-order valence-corrected chi connectivity index (χ4v) is 2.32. The minimum absolute atomic E-state index is 0.176. The van der Waals surface area contributed by atoms with Gasteiger partial charge in [-0.2, -0.15) is 5.26 Å². The number of furan rings is 1. The number of hydrogen-bond acceptors (Lipinski definition) is 3. The molecule has 4 heteroatoms. The van der Waals surface area contributed by atoms with Crippen molar-refractivity contribution in [1.82, 2.24) is 0 Å². The fraction of sp³-hybridized carbons (Fsp3) is 0.0526. The van der Waals surface area contributed by atoms with E-state index in [1.165, 1.54) is 0 Å². The highest BCUT2D eigenvalue weighted by atomic mass is 16.3. The van der Waals surface area contributed by atoms with E-state index in [4.69, 9.17) is 9.68 Å². The molecule has 1 aromatic heterocycles. The first kappa shape index (κ1) is 14.6. The molecule has 1 amide bonds. The smallest absolute Gasteiger partial charge is 0.258 e. The maximum absolute atomic E-state index is 12.9. The third-order valence-corrected chi connectivity index (χ3v) is 3.45. The first-order valence-electron chi connectivity index (χ1n) is 7.17. The summed E-state index contributed by atoms with van der Waals surface area (Å²) in [6, 6.07) is 21.8. The van der Waals surface area contributed by atoms with E-state index in [0.717, 1.165) is 5.69 Å². The summed E-state index contributed by atoms with van der Waals surface area (Å²) in [7, 11) is 0. The molecule has 0 spiro atoms. The molecule has 3 rings (SSSR count). The van der Waals surface area contributed by atoms with E-state index in [2.05, 4.69) is 6.07 Å². The lowest BCUT2D eigenvalue weighted by atomic mass is 10.1. The van der Waals surface area contributed by atoms with E-state index in [1.54, 1.807) is 41.5 Å². The van der Waals surface area contributed by atoms with Gasteiger partial charge >= 0.3 is 0 Å². The highest BCUT2D eigenvalue weighted by Gasteiger charge is 2.19. The van der Waals surface area contributed by atoms with Crippen molar-refractivity contribution in [3.8, 4) is 6.07 Å². The van der Waals surface area contributed by atoms with E-state index in [-0.39, 0.29) is 5.91 Å². The summed E-state index contributed by atoms with van der Waals surface area (Å²) in [5, 5.41) is 9.02. The Hall–Kier alpha value is -3.32. The van der Waals surface area contributed by atoms with Crippen LogP contribution in [0.4, 0.5) is 5.69 Å². The summed E-state index contributed by atoms with van der Waals surface area (Å²) in [4.78, 5) is 14.5. The van der Waals surface area contributed by atoms with Crippen molar-refractivity contribution in [3.63, 3.8) is 0 Å². The maximum Gasteiger partial charge on any atom is 0.258 e. The van der Waals surface area contributed by atoms with Gasteiger partial charge in [-0.15, -0.1) is 0 Å². The van der Waals surface area contributed by atoms with Gasteiger partial charge in [0.2, 0.25) is 0 Å². The van der Waals surface area contributed by atoms with Crippen LogP contribution in [0.15, 0.2) is 77.4 Å². The molecule has 4 nitrogen and oxygen atoms in total. The monoisotopic (exact) mass is 302 g/mol. The Balaban J connectivity index is 1.97. The van der Waals surface area contributed by atoms with Crippen LogP contribution in [0.3, 0.4) is 0 Å². The maximum atomic E-state index is 12.9. The molecule has 0 N–H and O–H groups in total. The molecule has 0 radical (unpaired) electrons. The van der Waals surface area contributed by atoms with Gasteiger partial charge in [0.1, 0.15) is 5.76 Å². The van der Waals surface area contributed by atoms with Crippen LogP contribution in [0.5, 0.6) is 0 Å². The summed E-state index contributed by atoms with van der Waals surface area (Å²) in [5.74, 6) is 0.517. The molecule has 0 saturated carbocycles. The lowest BCUT2D eigenvalue weighted by molar-refractivity contribution is 0.0983. The number of carbonyl (C=O) groups is 1. The predicted molar refractivity (Wildman–Crippen MR) is 86.8 cm³/mol. The summed E-state index contributed by atoms with van der Waals surface area (Å²) in [5.41, 5.74) is 1.71. The Kier molecular flexibility index (Phi) is 4.21. The van der Waals surface area contributed by atoms with E-state index >= 15 is 0 Å². The number of carbonyl (C=O) groups excluding carboxylic acids is 1. The fourth-order valence-electron chi connectivity index (χ4n) is 2.32. The van der Waals surface area contributed by atoms with Crippen molar-refractivity contribution in [2.45, 2.75) is 6.54 Å². The van der Waals surface area contributed by atoms with Crippen LogP contribution in [0.25, 0.3) is 0 Å². The molecule has 112 valence electrons. The van der Waals surface area contributed by atoms with Gasteiger partial charge in [-0.1, -0.05) is 24.3 Å². The number of nitrogens with zero attached hydrogens (tertiary/aromatic N) is 2. The average molecular weight is 302 g/mol. The Labute approximate surface area is 134 Å². The van der Waals surface area contributed by atoms with E-state index in [9.17, 15) is 4.79 Å². The first-order chi connectivity index (χ1) is 11.3. The van der Waals surface area contributed by atoms with Gasteiger partial charge in [0.15, 0.2) is 0 Å². The van der Waals surface area contributed by atoms with E-state index in [0.29, 0.717) is 23.4 Å². The number of rotatable bonds is 4. The van der Waals surface area contributed by atoms with Crippen molar-refractivity contribution >= 4 is 11.6 Å². The molecular formula is C19H14N2O2. The minimum atomic E-state index is -0.176. The van der Waals surface area contributed by atoms with Crippen LogP contribution in [0, 0.1) is 11.3 Å². The van der Waals surface area contributed by atoms with Crippen LogP contribution in [0.1, 0.15) is 21.7 Å². The normalized spacial score (nSPS) is 10.0. The van der Waals surface area contributed by atoms with E-state index < -0.39 is 0 Å². The van der Waals surface area contributed by atoms with E-state index in [1.807, 2.05) is 36.4 Å². The van der Waals surface area contributed by atoms with Gasteiger partial charge in [0.25, 0.3) is 5.91 Å². The third kappa shape index (κ3) is 3.30. The van der Waals surface area contributed by atoms with Gasteiger partial charge in [0.05, 0.1) is 24.4 Å². The zero-order valence-electron chi connectivity index (χ0n) is 12.3. The number of anilines is 1. The molecule has 0 saturated heterocycles. The second kappa shape index (κ2) is 6.63. The molecule has 0 fully saturated rings. The van der Waals surface area contributed by atoms with Crippen molar-refractivity contribution in [1.29, 1.82) is 5.26 Å². The Morgan fingerprint density at radius 1 is 1.04 bits per heavy atom. The second-order valence-corrected chi connectivity index (χ2v) is 5.00. The van der Waals surface area contributed by atoms with Crippen LogP contribution < -0.4 is 4.90 Å². The highest BCUT2D eigenvalue weighted by molar-refractivity contribution is 6.06. The Morgan fingerprint density at radius 2 is 1.87 bits per heavy atom. The zero-order valence-corrected chi connectivity index (χ0v) is 12.3. The predicted octanol–water partition coefficient (Wildman–Crippen LogP) is 4.00. The van der Waals surface area contributed by atoms with Crippen LogP contribution in [0.2, 0.25) is 0 Å². The van der Waals surface area contributed by atoms with Crippen LogP contribution in [-0.4, -0.2) is 5.91 Å². The molecule has 0 bridgehead atoms. The van der Waals surface area contributed by atoms with Gasteiger partial charge in [-0.25, -0.2) is 0 Å². The van der Waals surface area contributed by atoms with Crippen LogP contribution >= 0.6 is 0 Å². The third-order valence-electron chi connectivity index (χ3n) is 3.45. The molecule has 0 aliphatic heterocycles. The van der Waals surface area contributed by atoms with Gasteiger partial charge in [-0.05, 0) is 42.5 Å². The standard InChI is InChI=1S/C19H14N2O2/c20-13-15-6-4-7-16(12-15)19(22)21(14-18-10-5-11-23-18)17-8-2-1-3-9-17/h1-12H,14H2. The van der Waals surface area contributed by atoms with Gasteiger partial charge in [0, 0.05) is 11.3 Å². The molecular weight excluding hydrogens is 288 g/mol. The summed E-state index contributed by atoms with van der Waals surface area (Å²) >= 11 is 0. The number of para-hydroxylation sites is 1. The summed E-state index contributed by atoms with van der Waals surface area (Å²) in [6.45, 7) is 0.326. The highest BCUT2D eigenvalue weighted by Crippen LogP contribution is 2.20. The first-order valence-corrected chi connectivity index (χ1v) is 7.17. The zero-order chi connectivity index (χ0) is 16.1.